The van der Waals surface area contributed by atoms with Crippen molar-refractivity contribution in [3.63, 3.8) is 0 Å². The van der Waals surface area contributed by atoms with E-state index in [-0.39, 0.29) is 17.8 Å². The third-order valence-corrected chi connectivity index (χ3v) is 6.34. The molecule has 134 valence electrons. The number of piperazine rings is 1. The van der Waals surface area contributed by atoms with E-state index in [1.165, 1.54) is 16.2 Å². The minimum Gasteiger partial charge on any atom is -0.504 e. The third-order valence-electron chi connectivity index (χ3n) is 4.93. The molecule has 3 aliphatic heterocycles. The molecule has 5 heterocycles. The third kappa shape index (κ3) is 2.21. The number of benzene rings is 1. The van der Waals surface area contributed by atoms with E-state index in [1.54, 1.807) is 12.3 Å². The van der Waals surface area contributed by atoms with Crippen molar-refractivity contribution in [3.8, 4) is 16.3 Å². The minimum absolute atomic E-state index is 0.0182. The predicted octanol–water partition coefficient (Wildman–Crippen LogP) is 3.36. The van der Waals surface area contributed by atoms with Crippen LogP contribution in [0.25, 0.3) is 21.7 Å². The van der Waals surface area contributed by atoms with Crippen molar-refractivity contribution in [2.24, 2.45) is 0 Å². The number of amides is 1. The number of carboxylic acid groups (broad SMARTS) is 1. The van der Waals surface area contributed by atoms with E-state index in [2.05, 4.69) is 25.9 Å². The van der Waals surface area contributed by atoms with E-state index in [9.17, 15) is 15.0 Å². The fourth-order valence-corrected chi connectivity index (χ4v) is 4.82. The number of halogens is 1. The summed E-state index contributed by atoms with van der Waals surface area (Å²) in [7, 11) is 0. The lowest BCUT2D eigenvalue weighted by molar-refractivity contribution is 0.0101. The molecule has 0 spiro atoms. The van der Waals surface area contributed by atoms with E-state index in [4.69, 9.17) is 4.42 Å². The summed E-state index contributed by atoms with van der Waals surface area (Å²) in [5, 5.41) is 22.3. The first-order valence-corrected chi connectivity index (χ1v) is 9.68. The monoisotopic (exact) mass is 436 g/mol. The Hall–Kier alpha value is -2.33. The highest BCUT2D eigenvalue weighted by molar-refractivity contribution is 9.10. The molecule has 2 bridgehead atoms. The minimum atomic E-state index is -0.879. The van der Waals surface area contributed by atoms with Gasteiger partial charge in [0.15, 0.2) is 16.8 Å². The lowest BCUT2D eigenvalue weighted by Gasteiger charge is -2.54. The van der Waals surface area contributed by atoms with Crippen molar-refractivity contribution in [2.75, 3.05) is 18.0 Å². The van der Waals surface area contributed by atoms with Gasteiger partial charge in [-0.05, 0) is 28.4 Å². The van der Waals surface area contributed by atoms with Gasteiger partial charge in [-0.2, -0.15) is 4.98 Å². The molecule has 8 nitrogen and oxygen atoms in total. The first kappa shape index (κ1) is 15.9. The quantitative estimate of drug-likeness (QED) is 0.634. The summed E-state index contributed by atoms with van der Waals surface area (Å²) in [6, 6.07) is 2.08. The number of phenols is 1. The molecule has 0 radical (unpaired) electrons. The molecule has 2 atom stereocenters. The zero-order chi connectivity index (χ0) is 18.0. The Morgan fingerprint density at radius 1 is 1.38 bits per heavy atom. The molecule has 10 heteroatoms. The number of aromatic hydroxyl groups is 1. The van der Waals surface area contributed by atoms with Crippen molar-refractivity contribution in [2.45, 2.75) is 18.5 Å². The number of oxazole rings is 1. The molecule has 1 amide bonds. The van der Waals surface area contributed by atoms with Crippen molar-refractivity contribution in [3.05, 3.63) is 22.1 Å². The molecule has 2 unspecified atom stereocenters. The molecule has 6 rings (SSSR count). The molecule has 3 aromatic rings. The van der Waals surface area contributed by atoms with Gasteiger partial charge >= 0.3 is 6.09 Å². The zero-order valence-electron chi connectivity index (χ0n) is 13.3. The Balaban J connectivity index is 1.56. The Labute approximate surface area is 159 Å². The van der Waals surface area contributed by atoms with Gasteiger partial charge < -0.3 is 19.5 Å². The Bertz CT molecular complexity index is 1010. The highest BCUT2D eigenvalue weighted by Gasteiger charge is 2.48. The van der Waals surface area contributed by atoms with E-state index in [0.29, 0.717) is 34.7 Å². The summed E-state index contributed by atoms with van der Waals surface area (Å²) in [6.07, 6.45) is 1.70. The molecule has 2 aromatic heterocycles. The standard InChI is InChI=1S/C16H13BrN4O4S/c17-10-4-9(14-18-1-2-26-14)13-11(12(10)22)19-15(25-13)20-5-7-3-8(6-20)21(7)16(23)24/h1-2,4,7-8,22H,3,5-6H2,(H,23,24). The zero-order valence-corrected chi connectivity index (χ0v) is 15.7. The number of hydrogen-bond donors (Lipinski definition) is 2. The highest BCUT2D eigenvalue weighted by atomic mass is 79.9. The van der Waals surface area contributed by atoms with Crippen LogP contribution in [-0.2, 0) is 0 Å². The molecule has 0 aliphatic carbocycles. The molecule has 3 saturated heterocycles. The summed E-state index contributed by atoms with van der Waals surface area (Å²) in [5.41, 5.74) is 1.60. The van der Waals surface area contributed by atoms with E-state index in [0.717, 1.165) is 17.0 Å². The summed E-state index contributed by atoms with van der Waals surface area (Å²) in [4.78, 5) is 23.5. The van der Waals surface area contributed by atoms with Crippen LogP contribution < -0.4 is 4.90 Å². The molecule has 26 heavy (non-hydrogen) atoms. The maximum absolute atomic E-state index is 11.3. The lowest BCUT2D eigenvalue weighted by Crippen LogP contribution is -2.70. The lowest BCUT2D eigenvalue weighted by atomic mass is 9.88. The predicted molar refractivity (Wildman–Crippen MR) is 98.8 cm³/mol. The van der Waals surface area contributed by atoms with Gasteiger partial charge in [0.2, 0.25) is 0 Å². The van der Waals surface area contributed by atoms with E-state index >= 15 is 0 Å². The van der Waals surface area contributed by atoms with Crippen LogP contribution in [0, 0.1) is 0 Å². The van der Waals surface area contributed by atoms with Crippen molar-refractivity contribution < 1.29 is 19.4 Å². The average molecular weight is 437 g/mol. The largest absolute Gasteiger partial charge is 0.504 e. The number of nitrogens with zero attached hydrogens (tertiary/aromatic N) is 4. The van der Waals surface area contributed by atoms with Crippen molar-refractivity contribution in [1.82, 2.24) is 14.9 Å². The molecular formula is C16H13BrN4O4S. The average Bonchev–Trinajstić information content (AvgIpc) is 3.27. The Kier molecular flexibility index (Phi) is 3.41. The van der Waals surface area contributed by atoms with Crippen LogP contribution in [0.15, 0.2) is 26.5 Å². The van der Waals surface area contributed by atoms with Gasteiger partial charge in [0.25, 0.3) is 6.01 Å². The second-order valence-electron chi connectivity index (χ2n) is 6.40. The normalized spacial score (nSPS) is 21.9. The fraction of sp³-hybridized carbons (Fsp3) is 0.312. The van der Waals surface area contributed by atoms with Gasteiger partial charge in [-0.25, -0.2) is 9.78 Å². The van der Waals surface area contributed by atoms with Crippen LogP contribution >= 0.6 is 27.3 Å². The smallest absolute Gasteiger partial charge is 0.407 e. The van der Waals surface area contributed by atoms with Gasteiger partial charge in [0.1, 0.15) is 5.01 Å². The number of thiazole rings is 1. The number of anilines is 1. The van der Waals surface area contributed by atoms with Crippen LogP contribution in [0.3, 0.4) is 0 Å². The van der Waals surface area contributed by atoms with Crippen molar-refractivity contribution >= 4 is 50.5 Å². The number of carbonyl (C=O) groups is 1. The number of hydrogen-bond acceptors (Lipinski definition) is 7. The van der Waals surface area contributed by atoms with Crippen molar-refractivity contribution in [1.29, 1.82) is 0 Å². The number of phenolic OH excluding ortho intramolecular Hbond substituents is 1. The summed E-state index contributed by atoms with van der Waals surface area (Å²) >= 11 is 4.83. The SMILES string of the molecule is O=C(O)N1C2CC1CN(c1nc3c(O)c(Br)cc(-c4nccs4)c3o1)C2. The number of aromatic nitrogens is 2. The maximum Gasteiger partial charge on any atom is 0.407 e. The molecule has 3 fully saturated rings. The van der Waals surface area contributed by atoms with Crippen LogP contribution in [0.1, 0.15) is 6.42 Å². The molecular weight excluding hydrogens is 424 g/mol. The topological polar surface area (TPSA) is 103 Å². The van der Waals surface area contributed by atoms with Crippen LogP contribution in [0.4, 0.5) is 10.8 Å². The van der Waals surface area contributed by atoms with E-state index in [1.807, 2.05) is 10.3 Å². The van der Waals surface area contributed by atoms with Gasteiger partial charge in [-0.1, -0.05) is 0 Å². The summed E-state index contributed by atoms with van der Waals surface area (Å²) in [6.45, 7) is 1.06. The van der Waals surface area contributed by atoms with Gasteiger partial charge in [0, 0.05) is 24.7 Å². The second kappa shape index (κ2) is 5.58. The first-order valence-electron chi connectivity index (χ1n) is 8.01. The number of fused-ring (bicyclic) bond motifs is 3. The highest BCUT2D eigenvalue weighted by Crippen LogP contribution is 2.43. The Morgan fingerprint density at radius 2 is 2.15 bits per heavy atom. The fourth-order valence-electron chi connectivity index (χ4n) is 3.75. The molecule has 1 aromatic carbocycles. The van der Waals surface area contributed by atoms with Crippen LogP contribution in [0.5, 0.6) is 5.75 Å². The van der Waals surface area contributed by atoms with Crippen LogP contribution in [0.2, 0.25) is 0 Å². The van der Waals surface area contributed by atoms with Gasteiger partial charge in [-0.15, -0.1) is 11.3 Å². The summed E-state index contributed by atoms with van der Waals surface area (Å²) < 4.78 is 6.52. The van der Waals surface area contributed by atoms with E-state index < -0.39 is 6.09 Å². The van der Waals surface area contributed by atoms with Gasteiger partial charge in [-0.3, -0.25) is 4.90 Å². The number of piperidine rings is 1. The summed E-state index contributed by atoms with van der Waals surface area (Å²) in [5.74, 6) is 0.0182. The number of rotatable bonds is 2. The first-order chi connectivity index (χ1) is 12.5. The Morgan fingerprint density at radius 3 is 2.81 bits per heavy atom. The molecule has 0 saturated carbocycles. The van der Waals surface area contributed by atoms with Crippen LogP contribution in [-0.4, -0.2) is 56.3 Å². The molecule has 2 N–H and O–H groups in total. The second-order valence-corrected chi connectivity index (χ2v) is 8.15. The maximum atomic E-state index is 11.3. The molecule has 3 aliphatic rings. The van der Waals surface area contributed by atoms with Gasteiger partial charge in [0.05, 0.1) is 22.1 Å².